The molecule has 0 spiro atoms. The van der Waals surface area contributed by atoms with Crippen LogP contribution < -0.4 is 5.43 Å². The van der Waals surface area contributed by atoms with Crippen LogP contribution in [0.4, 0.5) is 5.69 Å². The topological polar surface area (TPSA) is 102 Å². The van der Waals surface area contributed by atoms with Crippen molar-refractivity contribution in [3.63, 3.8) is 0 Å². The Balaban J connectivity index is 1.76. The van der Waals surface area contributed by atoms with Gasteiger partial charge in [-0.2, -0.15) is 0 Å². The van der Waals surface area contributed by atoms with Gasteiger partial charge in [0.25, 0.3) is 5.69 Å². The summed E-state index contributed by atoms with van der Waals surface area (Å²) in [5.74, 6) is 0.597. The van der Waals surface area contributed by atoms with E-state index in [2.05, 4.69) is 9.97 Å². The fraction of sp³-hybridized carbons (Fsp3) is 0. The Bertz CT molecular complexity index is 1170. The Morgan fingerprint density at radius 1 is 1.16 bits per heavy atom. The lowest BCUT2D eigenvalue weighted by molar-refractivity contribution is -0.384. The molecule has 2 aromatic carbocycles. The van der Waals surface area contributed by atoms with E-state index >= 15 is 0 Å². The normalized spacial score (nSPS) is 11.5. The quantitative estimate of drug-likeness (QED) is 0.454. The zero-order valence-electron chi connectivity index (χ0n) is 12.8. The molecule has 0 fully saturated rings. The number of nitrogens with one attached hydrogen (secondary N) is 1. The van der Waals surface area contributed by atoms with Crippen LogP contribution in [0.2, 0.25) is 0 Å². The molecule has 0 aliphatic rings. The molecular weight excluding hydrogens is 322 g/mol. The molecule has 0 atom stereocenters. The Labute approximate surface area is 140 Å². The summed E-state index contributed by atoms with van der Waals surface area (Å²) in [5, 5.41) is 11.1. The zero-order valence-corrected chi connectivity index (χ0v) is 12.8. The summed E-state index contributed by atoms with van der Waals surface area (Å²) in [7, 11) is 0. The number of hydrogen-bond acceptors (Lipinski definition) is 5. The van der Waals surface area contributed by atoms with E-state index in [-0.39, 0.29) is 22.1 Å². The molecule has 7 heteroatoms. The molecule has 4 rings (SSSR count). The first-order valence-corrected chi connectivity index (χ1v) is 7.44. The van der Waals surface area contributed by atoms with Gasteiger partial charge in [0.2, 0.25) is 0 Å². The van der Waals surface area contributed by atoms with Gasteiger partial charge in [-0.1, -0.05) is 12.1 Å². The van der Waals surface area contributed by atoms with Gasteiger partial charge in [0.05, 0.1) is 26.9 Å². The van der Waals surface area contributed by atoms with Crippen molar-refractivity contribution in [2.45, 2.75) is 0 Å². The largest absolute Gasteiger partial charge is 0.463 e. The number of benzene rings is 2. The Morgan fingerprint density at radius 3 is 2.80 bits per heavy atom. The molecule has 0 saturated carbocycles. The molecule has 122 valence electrons. The number of aromatic amines is 1. The van der Waals surface area contributed by atoms with Gasteiger partial charge in [-0.15, -0.1) is 0 Å². The molecule has 1 N–H and O–H groups in total. The van der Waals surface area contributed by atoms with Crippen LogP contribution in [0, 0.1) is 10.1 Å². The van der Waals surface area contributed by atoms with Crippen LogP contribution in [0.25, 0.3) is 34.2 Å². The minimum Gasteiger partial charge on any atom is -0.463 e. The van der Waals surface area contributed by atoms with E-state index in [1.807, 2.05) is 24.3 Å². The number of nitro benzene ring substituents is 1. The van der Waals surface area contributed by atoms with Crippen molar-refractivity contribution in [3.05, 3.63) is 80.5 Å². The van der Waals surface area contributed by atoms with Crippen LogP contribution in [-0.4, -0.2) is 14.9 Å². The third-order valence-electron chi connectivity index (χ3n) is 3.82. The summed E-state index contributed by atoms with van der Waals surface area (Å²) in [6, 6.07) is 11.5. The number of aromatic nitrogens is 2. The van der Waals surface area contributed by atoms with Gasteiger partial charge in [-0.25, -0.2) is 4.98 Å². The van der Waals surface area contributed by atoms with Crippen molar-refractivity contribution >= 4 is 39.8 Å². The van der Waals surface area contributed by atoms with E-state index in [1.165, 1.54) is 24.5 Å². The second kappa shape index (κ2) is 5.72. The highest BCUT2D eigenvalue weighted by Crippen LogP contribution is 2.19. The van der Waals surface area contributed by atoms with Crippen LogP contribution in [0.15, 0.2) is 57.9 Å². The summed E-state index contributed by atoms with van der Waals surface area (Å²) < 4.78 is 5.40. The second-order valence-electron chi connectivity index (χ2n) is 5.43. The highest BCUT2D eigenvalue weighted by atomic mass is 16.6. The molecule has 2 aromatic heterocycles. The van der Waals surface area contributed by atoms with Gasteiger partial charge in [0.1, 0.15) is 17.7 Å². The highest BCUT2D eigenvalue weighted by molar-refractivity contribution is 5.83. The third-order valence-corrected chi connectivity index (χ3v) is 3.82. The predicted molar refractivity (Wildman–Crippen MR) is 94.2 cm³/mol. The lowest BCUT2D eigenvalue weighted by Crippen LogP contribution is -2.05. The molecule has 0 amide bonds. The molecule has 25 heavy (non-hydrogen) atoms. The number of nitro groups is 1. The Hall–Kier alpha value is -3.74. The molecule has 0 bridgehead atoms. The smallest absolute Gasteiger partial charge is 0.270 e. The van der Waals surface area contributed by atoms with Crippen molar-refractivity contribution < 1.29 is 9.34 Å². The molecule has 2 heterocycles. The van der Waals surface area contributed by atoms with E-state index in [9.17, 15) is 14.9 Å². The maximum absolute atomic E-state index is 12.5. The van der Waals surface area contributed by atoms with Gasteiger partial charge in [0, 0.05) is 12.1 Å². The first-order valence-electron chi connectivity index (χ1n) is 7.44. The van der Waals surface area contributed by atoms with Gasteiger partial charge in [-0.05, 0) is 30.4 Å². The molecular formula is C18H11N3O4. The summed E-state index contributed by atoms with van der Waals surface area (Å²) >= 11 is 0. The molecule has 4 aromatic rings. The van der Waals surface area contributed by atoms with E-state index in [4.69, 9.17) is 4.42 Å². The second-order valence-corrected chi connectivity index (χ2v) is 5.43. The van der Waals surface area contributed by atoms with Crippen LogP contribution >= 0.6 is 0 Å². The minimum absolute atomic E-state index is 0.154. The number of fused-ring (bicyclic) bond motifs is 2. The lowest BCUT2D eigenvalue weighted by atomic mass is 10.1. The Kier molecular flexibility index (Phi) is 3.39. The first-order chi connectivity index (χ1) is 12.1. The monoisotopic (exact) mass is 333 g/mol. The van der Waals surface area contributed by atoms with Crippen molar-refractivity contribution in [1.29, 1.82) is 0 Å². The first kappa shape index (κ1) is 14.8. The number of non-ortho nitro benzene ring substituents is 1. The maximum atomic E-state index is 12.5. The van der Waals surface area contributed by atoms with Crippen molar-refractivity contribution in [1.82, 2.24) is 9.97 Å². The Morgan fingerprint density at radius 2 is 2.00 bits per heavy atom. The maximum Gasteiger partial charge on any atom is 0.270 e. The SMILES string of the molecule is O=c1c(C=Cc2nc3ccccc3[nH]2)coc2ccc([N+](=O)[O-])cc12. The third kappa shape index (κ3) is 2.67. The van der Waals surface area contributed by atoms with E-state index in [1.54, 1.807) is 12.2 Å². The average Bonchev–Trinajstić information content (AvgIpc) is 3.04. The van der Waals surface area contributed by atoms with Crippen molar-refractivity contribution in [2.24, 2.45) is 0 Å². The van der Waals surface area contributed by atoms with Crippen LogP contribution in [-0.2, 0) is 0 Å². The number of rotatable bonds is 3. The van der Waals surface area contributed by atoms with E-state index in [0.29, 0.717) is 11.4 Å². The van der Waals surface area contributed by atoms with Gasteiger partial charge < -0.3 is 9.40 Å². The van der Waals surface area contributed by atoms with Crippen molar-refractivity contribution in [3.8, 4) is 0 Å². The van der Waals surface area contributed by atoms with Crippen LogP contribution in [0.5, 0.6) is 0 Å². The number of H-pyrrole nitrogens is 1. The number of hydrogen-bond donors (Lipinski definition) is 1. The highest BCUT2D eigenvalue weighted by Gasteiger charge is 2.11. The molecule has 0 radical (unpaired) electrons. The predicted octanol–water partition coefficient (Wildman–Crippen LogP) is 3.75. The fourth-order valence-corrected chi connectivity index (χ4v) is 2.58. The lowest BCUT2D eigenvalue weighted by Gasteiger charge is -1.98. The summed E-state index contributed by atoms with van der Waals surface area (Å²) in [4.78, 5) is 30.4. The molecule has 7 nitrogen and oxygen atoms in total. The molecule has 0 unspecified atom stereocenters. The van der Waals surface area contributed by atoms with Gasteiger partial charge >= 0.3 is 0 Å². The summed E-state index contributed by atoms with van der Waals surface area (Å²) in [6.07, 6.45) is 4.56. The zero-order chi connectivity index (χ0) is 17.4. The fourth-order valence-electron chi connectivity index (χ4n) is 2.58. The van der Waals surface area contributed by atoms with Gasteiger partial charge in [-0.3, -0.25) is 14.9 Å². The number of para-hydroxylation sites is 2. The van der Waals surface area contributed by atoms with Crippen LogP contribution in [0.3, 0.4) is 0 Å². The van der Waals surface area contributed by atoms with Crippen LogP contribution in [0.1, 0.15) is 11.4 Å². The molecule has 0 saturated heterocycles. The average molecular weight is 333 g/mol. The van der Waals surface area contributed by atoms with E-state index < -0.39 is 4.92 Å². The van der Waals surface area contributed by atoms with Crippen molar-refractivity contribution in [2.75, 3.05) is 0 Å². The van der Waals surface area contributed by atoms with E-state index in [0.717, 1.165) is 11.0 Å². The standard InChI is InChI=1S/C18H11N3O4/c22-18-11(5-8-17-19-14-3-1-2-4-15(14)20-17)10-25-16-7-6-12(21(23)24)9-13(16)18/h1-10H,(H,19,20). The summed E-state index contributed by atoms with van der Waals surface area (Å²) in [5.41, 5.74) is 1.81. The minimum atomic E-state index is -0.546. The molecule has 0 aliphatic carbocycles. The van der Waals surface area contributed by atoms with Gasteiger partial charge in [0.15, 0.2) is 5.43 Å². The summed E-state index contributed by atoms with van der Waals surface area (Å²) in [6.45, 7) is 0. The molecule has 0 aliphatic heterocycles. The number of imidazole rings is 1. The number of nitrogens with zero attached hydrogens (tertiary/aromatic N) is 2.